The Labute approximate surface area is 117 Å². The molecule has 100 valence electrons. The minimum absolute atomic E-state index is 0.227. The number of aliphatic imine (C=N–C) groups is 1. The van der Waals surface area contributed by atoms with E-state index >= 15 is 0 Å². The van der Waals surface area contributed by atoms with E-state index in [1.165, 1.54) is 0 Å². The van der Waals surface area contributed by atoms with Gasteiger partial charge in [-0.2, -0.15) is 0 Å². The first-order chi connectivity index (χ1) is 9.84. The van der Waals surface area contributed by atoms with Crippen LogP contribution in [0.3, 0.4) is 0 Å². The molecule has 2 aromatic carbocycles. The van der Waals surface area contributed by atoms with Crippen LogP contribution in [0.1, 0.15) is 17.5 Å². The van der Waals surface area contributed by atoms with E-state index in [0.717, 1.165) is 16.8 Å². The Morgan fingerprint density at radius 3 is 1.95 bits per heavy atom. The summed E-state index contributed by atoms with van der Waals surface area (Å²) < 4.78 is 4.99. The molecule has 0 amide bonds. The standard InChI is InChI=1S/C17H15NO2/c19-17-15(11-12-20-17)18-16(13-7-3-1-4-8-13)14-9-5-2-6-10-14/h1-10,15H,11-12H2/t15-/m0/s1. The molecule has 1 aliphatic rings. The van der Waals surface area contributed by atoms with Crippen molar-refractivity contribution in [2.75, 3.05) is 6.61 Å². The molecule has 3 heteroatoms. The summed E-state index contributed by atoms with van der Waals surface area (Å²) in [6, 6.07) is 19.5. The summed E-state index contributed by atoms with van der Waals surface area (Å²) in [5.74, 6) is -0.227. The molecule has 0 spiro atoms. The largest absolute Gasteiger partial charge is 0.464 e. The highest BCUT2D eigenvalue weighted by atomic mass is 16.5. The molecule has 0 aliphatic carbocycles. The van der Waals surface area contributed by atoms with Crippen LogP contribution in [0.5, 0.6) is 0 Å². The molecule has 1 heterocycles. The summed E-state index contributed by atoms with van der Waals surface area (Å²) >= 11 is 0. The third-order valence-corrected chi connectivity index (χ3v) is 3.29. The van der Waals surface area contributed by atoms with Crippen LogP contribution in [0.4, 0.5) is 0 Å². The van der Waals surface area contributed by atoms with Crippen LogP contribution in [0.15, 0.2) is 65.7 Å². The number of nitrogens with zero attached hydrogens (tertiary/aromatic N) is 1. The van der Waals surface area contributed by atoms with Gasteiger partial charge < -0.3 is 4.74 Å². The topological polar surface area (TPSA) is 38.7 Å². The number of carbonyl (C=O) groups is 1. The zero-order valence-corrected chi connectivity index (χ0v) is 11.0. The van der Waals surface area contributed by atoms with Crippen LogP contribution < -0.4 is 0 Å². The van der Waals surface area contributed by atoms with E-state index < -0.39 is 0 Å². The van der Waals surface area contributed by atoms with E-state index in [1.54, 1.807) is 0 Å². The van der Waals surface area contributed by atoms with Gasteiger partial charge in [0.25, 0.3) is 0 Å². The lowest BCUT2D eigenvalue weighted by molar-refractivity contribution is -0.138. The number of esters is 1. The number of ether oxygens (including phenoxy) is 1. The Balaban J connectivity index is 2.04. The number of carbonyl (C=O) groups excluding carboxylic acids is 1. The predicted octanol–water partition coefficient (Wildman–Crippen LogP) is 2.84. The smallest absolute Gasteiger partial charge is 0.331 e. The Kier molecular flexibility index (Phi) is 3.59. The zero-order valence-electron chi connectivity index (χ0n) is 11.0. The van der Waals surface area contributed by atoms with Gasteiger partial charge in [0.2, 0.25) is 0 Å². The van der Waals surface area contributed by atoms with Gasteiger partial charge in [0.1, 0.15) is 0 Å². The highest BCUT2D eigenvalue weighted by Gasteiger charge is 2.26. The monoisotopic (exact) mass is 265 g/mol. The van der Waals surface area contributed by atoms with E-state index in [2.05, 4.69) is 4.99 Å². The van der Waals surface area contributed by atoms with E-state index in [4.69, 9.17) is 4.74 Å². The van der Waals surface area contributed by atoms with Crippen molar-refractivity contribution < 1.29 is 9.53 Å². The number of rotatable bonds is 3. The van der Waals surface area contributed by atoms with E-state index in [-0.39, 0.29) is 12.0 Å². The zero-order chi connectivity index (χ0) is 13.8. The lowest BCUT2D eigenvalue weighted by Crippen LogP contribution is -2.16. The average molecular weight is 265 g/mol. The summed E-state index contributed by atoms with van der Waals surface area (Å²) in [6.45, 7) is 0.462. The van der Waals surface area contributed by atoms with E-state index in [1.807, 2.05) is 60.7 Å². The van der Waals surface area contributed by atoms with Crippen LogP contribution in [0, 0.1) is 0 Å². The van der Waals surface area contributed by atoms with Crippen LogP contribution in [-0.4, -0.2) is 24.3 Å². The van der Waals surface area contributed by atoms with Crippen LogP contribution in [0.2, 0.25) is 0 Å². The molecule has 0 radical (unpaired) electrons. The fourth-order valence-corrected chi connectivity index (χ4v) is 2.27. The van der Waals surface area contributed by atoms with Gasteiger partial charge in [-0.15, -0.1) is 0 Å². The predicted molar refractivity (Wildman–Crippen MR) is 77.9 cm³/mol. The maximum absolute atomic E-state index is 11.6. The maximum atomic E-state index is 11.6. The van der Waals surface area contributed by atoms with Gasteiger partial charge in [-0.1, -0.05) is 60.7 Å². The SMILES string of the molecule is O=C1OCC[C@@H]1N=C(c1ccccc1)c1ccccc1. The Morgan fingerprint density at radius 1 is 0.950 bits per heavy atom. The molecule has 0 N–H and O–H groups in total. The fourth-order valence-electron chi connectivity index (χ4n) is 2.27. The van der Waals surface area contributed by atoms with Crippen molar-refractivity contribution in [1.29, 1.82) is 0 Å². The second kappa shape index (κ2) is 5.70. The highest BCUT2D eigenvalue weighted by molar-refractivity contribution is 6.13. The van der Waals surface area contributed by atoms with Crippen molar-refractivity contribution in [3.8, 4) is 0 Å². The number of hydrogen-bond donors (Lipinski definition) is 0. The van der Waals surface area contributed by atoms with Crippen LogP contribution in [0.25, 0.3) is 0 Å². The summed E-state index contributed by atoms with van der Waals surface area (Å²) in [6.07, 6.45) is 0.655. The first kappa shape index (κ1) is 12.6. The molecule has 0 unspecified atom stereocenters. The van der Waals surface area contributed by atoms with Gasteiger partial charge in [0.05, 0.1) is 12.3 Å². The van der Waals surface area contributed by atoms with Crippen molar-refractivity contribution in [3.05, 3.63) is 71.8 Å². The molecular weight excluding hydrogens is 250 g/mol. The molecule has 3 rings (SSSR count). The van der Waals surface area contributed by atoms with Gasteiger partial charge >= 0.3 is 5.97 Å². The quantitative estimate of drug-likeness (QED) is 0.632. The normalized spacial score (nSPS) is 17.6. The molecule has 0 aromatic heterocycles. The molecule has 1 fully saturated rings. The Bertz CT molecular complexity index is 578. The van der Waals surface area contributed by atoms with Gasteiger partial charge in [-0.25, -0.2) is 4.79 Å². The number of cyclic esters (lactones) is 1. The summed E-state index contributed by atoms with van der Waals surface area (Å²) in [5, 5.41) is 0. The van der Waals surface area contributed by atoms with Gasteiger partial charge in [0.15, 0.2) is 6.04 Å². The molecule has 20 heavy (non-hydrogen) atoms. The average Bonchev–Trinajstić information content (AvgIpc) is 2.92. The lowest BCUT2D eigenvalue weighted by atomic mass is 10.0. The second-order valence-electron chi connectivity index (χ2n) is 4.68. The van der Waals surface area contributed by atoms with Crippen molar-refractivity contribution in [2.24, 2.45) is 4.99 Å². The first-order valence-electron chi connectivity index (χ1n) is 6.70. The van der Waals surface area contributed by atoms with Crippen LogP contribution in [-0.2, 0) is 9.53 Å². The first-order valence-corrected chi connectivity index (χ1v) is 6.70. The Hall–Kier alpha value is -2.42. The summed E-state index contributed by atoms with van der Waals surface area (Å²) in [5.41, 5.74) is 2.87. The van der Waals surface area contributed by atoms with Gasteiger partial charge in [-0.3, -0.25) is 4.99 Å². The van der Waals surface area contributed by atoms with E-state index in [9.17, 15) is 4.79 Å². The number of benzene rings is 2. The summed E-state index contributed by atoms with van der Waals surface area (Å²) in [4.78, 5) is 16.3. The Morgan fingerprint density at radius 2 is 1.50 bits per heavy atom. The minimum Gasteiger partial charge on any atom is -0.464 e. The maximum Gasteiger partial charge on any atom is 0.331 e. The van der Waals surface area contributed by atoms with Gasteiger partial charge in [-0.05, 0) is 0 Å². The highest BCUT2D eigenvalue weighted by Crippen LogP contribution is 2.16. The molecule has 0 saturated carbocycles. The van der Waals surface area contributed by atoms with Crippen molar-refractivity contribution in [1.82, 2.24) is 0 Å². The lowest BCUT2D eigenvalue weighted by Gasteiger charge is -2.09. The second-order valence-corrected chi connectivity index (χ2v) is 4.68. The molecule has 1 aliphatic heterocycles. The van der Waals surface area contributed by atoms with Crippen molar-refractivity contribution in [2.45, 2.75) is 12.5 Å². The number of hydrogen-bond acceptors (Lipinski definition) is 3. The molecule has 2 aromatic rings. The van der Waals surface area contributed by atoms with Gasteiger partial charge in [0, 0.05) is 17.5 Å². The molecule has 3 nitrogen and oxygen atoms in total. The molecule has 0 bridgehead atoms. The molecular formula is C17H15NO2. The fraction of sp³-hybridized carbons (Fsp3) is 0.176. The molecule has 1 saturated heterocycles. The van der Waals surface area contributed by atoms with Crippen molar-refractivity contribution in [3.63, 3.8) is 0 Å². The van der Waals surface area contributed by atoms with Crippen LogP contribution >= 0.6 is 0 Å². The van der Waals surface area contributed by atoms with Crippen molar-refractivity contribution >= 4 is 11.7 Å². The third kappa shape index (κ3) is 2.62. The third-order valence-electron chi connectivity index (χ3n) is 3.29. The minimum atomic E-state index is -0.384. The van der Waals surface area contributed by atoms with E-state index in [0.29, 0.717) is 13.0 Å². The molecule has 1 atom stereocenters. The summed E-state index contributed by atoms with van der Waals surface area (Å²) in [7, 11) is 0.